The number of rotatable bonds is 2. The van der Waals surface area contributed by atoms with Gasteiger partial charge in [0.2, 0.25) is 5.91 Å². The highest BCUT2D eigenvalue weighted by molar-refractivity contribution is 5.90. The highest BCUT2D eigenvalue weighted by Gasteiger charge is 2.62. The van der Waals surface area contributed by atoms with E-state index in [1.165, 1.54) is 12.5 Å². The predicted octanol–water partition coefficient (Wildman–Crippen LogP) is 5.58. The molecule has 1 unspecified atom stereocenters. The van der Waals surface area contributed by atoms with Gasteiger partial charge >= 0.3 is 6.18 Å². The summed E-state index contributed by atoms with van der Waals surface area (Å²) in [6.07, 6.45) is 1.08. The molecule has 152 valence electrons. The number of hydrogen-bond acceptors (Lipinski definition) is 1. The Morgan fingerprint density at radius 3 is 2.11 bits per heavy atom. The highest BCUT2D eigenvalue weighted by atomic mass is 19.4. The molecule has 1 saturated heterocycles. The van der Waals surface area contributed by atoms with E-state index in [9.17, 15) is 22.4 Å². The van der Waals surface area contributed by atoms with Crippen LogP contribution in [0.3, 0.4) is 0 Å². The average molecular weight is 395 g/mol. The van der Waals surface area contributed by atoms with Crippen LogP contribution in [0.25, 0.3) is 0 Å². The average Bonchev–Trinajstić information content (AvgIpc) is 2.59. The molecule has 6 heteroatoms. The molecule has 0 N–H and O–H groups in total. The lowest BCUT2D eigenvalue weighted by atomic mass is 9.52. The molecule has 4 saturated carbocycles. The normalized spacial score (nSPS) is 38.6. The minimum Gasteiger partial charge on any atom is -0.331 e. The smallest absolute Gasteiger partial charge is 0.331 e. The first kappa shape index (κ1) is 18.4. The Hall–Kier alpha value is -1.59. The molecule has 5 aliphatic rings. The van der Waals surface area contributed by atoms with E-state index in [0.717, 1.165) is 49.7 Å². The fraction of sp³-hybridized carbons (Fsp3) is 0.682. The number of nitrogens with zero attached hydrogens (tertiary/aromatic N) is 1. The number of benzene rings is 1. The molecule has 1 aromatic rings. The van der Waals surface area contributed by atoms with Crippen LogP contribution in [-0.2, 0) is 11.0 Å². The van der Waals surface area contributed by atoms with Gasteiger partial charge in [0.1, 0.15) is 5.82 Å². The zero-order valence-corrected chi connectivity index (χ0v) is 16.1. The van der Waals surface area contributed by atoms with E-state index in [1.807, 2.05) is 4.90 Å². The lowest BCUT2D eigenvalue weighted by Gasteiger charge is -2.64. The molecular weight excluding hydrogens is 370 g/mol. The summed E-state index contributed by atoms with van der Waals surface area (Å²) in [6.45, 7) is 3.59. The van der Waals surface area contributed by atoms with Crippen molar-refractivity contribution >= 4 is 5.91 Å². The Kier molecular flexibility index (Phi) is 3.77. The third-order valence-corrected chi connectivity index (χ3v) is 7.86. The van der Waals surface area contributed by atoms with Crippen molar-refractivity contribution in [1.82, 2.24) is 4.90 Å². The first-order valence-electron chi connectivity index (χ1n) is 10.3. The van der Waals surface area contributed by atoms with E-state index >= 15 is 0 Å². The van der Waals surface area contributed by atoms with Gasteiger partial charge in [-0.15, -0.1) is 0 Å². The fourth-order valence-electron chi connectivity index (χ4n) is 7.01. The molecule has 4 aliphatic carbocycles. The van der Waals surface area contributed by atoms with E-state index in [1.54, 1.807) is 13.8 Å². The van der Waals surface area contributed by atoms with E-state index < -0.39 is 29.0 Å². The number of β-lactam (4-membered cyclic amide) rings is 1. The van der Waals surface area contributed by atoms with Crippen LogP contribution in [0, 0.1) is 34.9 Å². The second-order valence-corrected chi connectivity index (χ2v) is 10.00. The molecule has 1 amide bonds. The molecule has 4 bridgehead atoms. The van der Waals surface area contributed by atoms with Gasteiger partial charge < -0.3 is 4.90 Å². The summed E-state index contributed by atoms with van der Waals surface area (Å²) in [5, 5.41) is 0. The molecule has 2 nitrogen and oxygen atoms in total. The van der Waals surface area contributed by atoms with Gasteiger partial charge in [-0.25, -0.2) is 4.39 Å². The second kappa shape index (κ2) is 5.73. The predicted molar refractivity (Wildman–Crippen MR) is 95.6 cm³/mol. The van der Waals surface area contributed by atoms with E-state index in [4.69, 9.17) is 0 Å². The van der Waals surface area contributed by atoms with Gasteiger partial charge in [-0.2, -0.15) is 13.2 Å². The summed E-state index contributed by atoms with van der Waals surface area (Å²) in [7, 11) is 0. The minimum atomic E-state index is -4.74. The quantitative estimate of drug-likeness (QED) is 0.473. The maximum Gasteiger partial charge on any atom is 0.419 e. The zero-order valence-electron chi connectivity index (χ0n) is 16.1. The molecule has 1 aliphatic heterocycles. The van der Waals surface area contributed by atoms with Crippen molar-refractivity contribution in [3.05, 3.63) is 35.1 Å². The molecule has 1 heterocycles. The molecule has 0 aromatic heterocycles. The van der Waals surface area contributed by atoms with Gasteiger partial charge in [-0.1, -0.05) is 6.07 Å². The lowest BCUT2D eigenvalue weighted by Crippen LogP contribution is -2.69. The van der Waals surface area contributed by atoms with Crippen molar-refractivity contribution in [2.45, 2.75) is 64.2 Å². The lowest BCUT2D eigenvalue weighted by molar-refractivity contribution is -0.191. The summed E-state index contributed by atoms with van der Waals surface area (Å²) in [5.74, 6) is 1.19. The first-order chi connectivity index (χ1) is 13.1. The molecule has 6 rings (SSSR count). The van der Waals surface area contributed by atoms with Gasteiger partial charge in [0.15, 0.2) is 0 Å². The van der Waals surface area contributed by atoms with Crippen LogP contribution in [0.1, 0.15) is 63.1 Å². The number of halogens is 4. The van der Waals surface area contributed by atoms with Crippen molar-refractivity contribution in [1.29, 1.82) is 0 Å². The van der Waals surface area contributed by atoms with Crippen LogP contribution in [-0.4, -0.2) is 16.8 Å². The summed E-state index contributed by atoms with van der Waals surface area (Å²) >= 11 is 0. The maximum atomic E-state index is 13.8. The van der Waals surface area contributed by atoms with Gasteiger partial charge in [0.25, 0.3) is 0 Å². The van der Waals surface area contributed by atoms with Crippen LogP contribution in [0.15, 0.2) is 18.2 Å². The summed E-state index contributed by atoms with van der Waals surface area (Å²) in [5.41, 5.74) is -1.62. The van der Waals surface area contributed by atoms with Crippen molar-refractivity contribution in [3.8, 4) is 0 Å². The van der Waals surface area contributed by atoms with Gasteiger partial charge in [-0.3, -0.25) is 4.79 Å². The molecule has 1 atom stereocenters. The third kappa shape index (κ3) is 2.48. The minimum absolute atomic E-state index is 0.0212. The molecule has 0 spiro atoms. The Morgan fingerprint density at radius 1 is 1.00 bits per heavy atom. The SMILES string of the molecule is CC1(C)C(=O)N(C2C3CC4CC(C3)CC2C4)C1c1ccc(F)c(C(F)(F)F)c1. The zero-order chi connectivity index (χ0) is 20.0. The van der Waals surface area contributed by atoms with E-state index in [2.05, 4.69) is 0 Å². The molecule has 28 heavy (non-hydrogen) atoms. The first-order valence-corrected chi connectivity index (χ1v) is 10.3. The van der Waals surface area contributed by atoms with Gasteiger partial charge in [-0.05, 0) is 87.3 Å². The van der Waals surface area contributed by atoms with Crippen molar-refractivity contribution in [2.75, 3.05) is 0 Å². The van der Waals surface area contributed by atoms with Gasteiger partial charge in [0.05, 0.1) is 17.0 Å². The maximum absolute atomic E-state index is 13.8. The number of likely N-dealkylation sites (tertiary alicyclic amines) is 1. The van der Waals surface area contributed by atoms with Crippen LogP contribution in [0.4, 0.5) is 17.6 Å². The molecule has 1 aromatic carbocycles. The fourth-order valence-corrected chi connectivity index (χ4v) is 7.01. The largest absolute Gasteiger partial charge is 0.419 e. The second-order valence-electron chi connectivity index (χ2n) is 10.00. The number of carbonyl (C=O) groups excluding carboxylic acids is 1. The standard InChI is InChI=1S/C22H25F4NO/c1-21(2)19(13-3-4-17(23)16(10-13)22(24,25)26)27(20(21)28)18-14-6-11-5-12(8-14)9-15(18)7-11/h3-4,10-12,14-15,18-19H,5-9H2,1-2H3. The van der Waals surface area contributed by atoms with Crippen molar-refractivity contribution < 1.29 is 22.4 Å². The summed E-state index contributed by atoms with van der Waals surface area (Å²) in [4.78, 5) is 14.9. The number of alkyl halides is 3. The van der Waals surface area contributed by atoms with Crippen LogP contribution in [0.5, 0.6) is 0 Å². The van der Waals surface area contributed by atoms with Crippen LogP contribution >= 0.6 is 0 Å². The number of carbonyl (C=O) groups is 1. The van der Waals surface area contributed by atoms with Gasteiger partial charge in [0, 0.05) is 6.04 Å². The third-order valence-electron chi connectivity index (χ3n) is 7.86. The Morgan fingerprint density at radius 2 is 1.57 bits per heavy atom. The summed E-state index contributed by atoms with van der Waals surface area (Å²) in [6, 6.07) is 2.93. The van der Waals surface area contributed by atoms with Crippen molar-refractivity contribution in [2.24, 2.45) is 29.1 Å². The van der Waals surface area contributed by atoms with Crippen LogP contribution in [0.2, 0.25) is 0 Å². The monoisotopic (exact) mass is 395 g/mol. The molecule has 0 radical (unpaired) electrons. The molecule has 5 fully saturated rings. The van der Waals surface area contributed by atoms with Crippen molar-refractivity contribution in [3.63, 3.8) is 0 Å². The molecular formula is C22H25F4NO. The van der Waals surface area contributed by atoms with E-state index in [-0.39, 0.29) is 11.9 Å². The summed E-state index contributed by atoms with van der Waals surface area (Å²) < 4.78 is 53.6. The topological polar surface area (TPSA) is 20.3 Å². The Labute approximate surface area is 162 Å². The van der Waals surface area contributed by atoms with E-state index in [0.29, 0.717) is 17.4 Å². The number of hydrogen-bond donors (Lipinski definition) is 0. The Balaban J connectivity index is 1.52. The Bertz CT molecular complexity index is 802. The van der Waals surface area contributed by atoms with Crippen LogP contribution < -0.4 is 0 Å². The highest BCUT2D eigenvalue weighted by Crippen LogP contribution is 2.60. The number of amides is 1.